The van der Waals surface area contributed by atoms with Gasteiger partial charge in [0.15, 0.2) is 11.3 Å². The van der Waals surface area contributed by atoms with Gasteiger partial charge < -0.3 is 19.3 Å². The van der Waals surface area contributed by atoms with Gasteiger partial charge in [-0.15, -0.1) is 0 Å². The Hall–Kier alpha value is -3.54. The maximum absolute atomic E-state index is 12.9. The molecule has 2 heterocycles. The first-order valence-electron chi connectivity index (χ1n) is 10.3. The first-order chi connectivity index (χ1) is 14.9. The number of cyclic esters (lactones) is 1. The first-order valence-corrected chi connectivity index (χ1v) is 10.3. The third-order valence-corrected chi connectivity index (χ3v) is 5.58. The summed E-state index contributed by atoms with van der Waals surface area (Å²) in [5, 5.41) is 0. The van der Waals surface area contributed by atoms with Crippen molar-refractivity contribution in [1.29, 1.82) is 0 Å². The topological polar surface area (TPSA) is 54.9 Å². The van der Waals surface area contributed by atoms with Gasteiger partial charge in [0.1, 0.15) is 5.75 Å². The van der Waals surface area contributed by atoms with Crippen LogP contribution in [-0.2, 0) is 10.3 Å². The molecule has 160 valence electrons. The van der Waals surface area contributed by atoms with Crippen LogP contribution in [0.2, 0.25) is 0 Å². The van der Waals surface area contributed by atoms with Gasteiger partial charge in [0, 0.05) is 68.5 Å². The number of hydrogen-bond donors (Lipinski definition) is 0. The SMILES string of the molecule is CCOc1cc(N(C)C)ccc1C1(c2ccc(N(C)C)cc2)OC(=O)c2ncccc21. The first kappa shape index (κ1) is 20.7. The molecule has 31 heavy (non-hydrogen) atoms. The average molecular weight is 418 g/mol. The van der Waals surface area contributed by atoms with Crippen molar-refractivity contribution in [2.45, 2.75) is 12.5 Å². The number of esters is 1. The van der Waals surface area contributed by atoms with Crippen molar-refractivity contribution in [3.05, 3.63) is 83.2 Å². The lowest BCUT2D eigenvalue weighted by Crippen LogP contribution is -2.30. The Bertz CT molecular complexity index is 1110. The van der Waals surface area contributed by atoms with Crippen LogP contribution in [-0.4, -0.2) is 45.8 Å². The number of anilines is 2. The highest BCUT2D eigenvalue weighted by Gasteiger charge is 2.51. The molecule has 0 aliphatic carbocycles. The maximum Gasteiger partial charge on any atom is 0.358 e. The summed E-state index contributed by atoms with van der Waals surface area (Å²) in [6, 6.07) is 17.8. The van der Waals surface area contributed by atoms with E-state index in [1.165, 1.54) is 0 Å². The number of carbonyl (C=O) groups is 1. The predicted octanol–water partition coefficient (Wildman–Crippen LogP) is 4.07. The lowest BCUT2D eigenvalue weighted by atomic mass is 9.80. The molecule has 6 nitrogen and oxygen atoms in total. The van der Waals surface area contributed by atoms with E-state index in [1.54, 1.807) is 6.20 Å². The number of pyridine rings is 1. The van der Waals surface area contributed by atoms with Crippen LogP contribution in [0.3, 0.4) is 0 Å². The van der Waals surface area contributed by atoms with Gasteiger partial charge in [-0.3, -0.25) is 0 Å². The Balaban J connectivity index is 2.01. The van der Waals surface area contributed by atoms with E-state index in [-0.39, 0.29) is 0 Å². The molecule has 2 aromatic carbocycles. The molecular formula is C25H27N3O3. The predicted molar refractivity (Wildman–Crippen MR) is 122 cm³/mol. The van der Waals surface area contributed by atoms with Crippen LogP contribution in [0.15, 0.2) is 60.8 Å². The van der Waals surface area contributed by atoms with Crippen LogP contribution in [0, 0.1) is 0 Å². The van der Waals surface area contributed by atoms with Crippen LogP contribution in [0.5, 0.6) is 5.75 Å². The minimum atomic E-state index is -1.14. The van der Waals surface area contributed by atoms with E-state index in [9.17, 15) is 4.79 Å². The van der Waals surface area contributed by atoms with Gasteiger partial charge in [0.05, 0.1) is 6.61 Å². The summed E-state index contributed by atoms with van der Waals surface area (Å²) in [5.41, 5.74) is 3.59. The minimum absolute atomic E-state index is 0.332. The van der Waals surface area contributed by atoms with E-state index in [2.05, 4.69) is 4.98 Å². The molecule has 0 spiro atoms. The molecule has 4 rings (SSSR count). The molecule has 1 atom stereocenters. The van der Waals surface area contributed by atoms with Crippen LogP contribution in [0.25, 0.3) is 0 Å². The lowest BCUT2D eigenvalue weighted by molar-refractivity contribution is 0.0241. The van der Waals surface area contributed by atoms with Gasteiger partial charge in [-0.05, 0) is 37.3 Å². The van der Waals surface area contributed by atoms with Crippen molar-refractivity contribution in [2.24, 2.45) is 0 Å². The molecule has 0 fully saturated rings. The molecule has 0 bridgehead atoms. The van der Waals surface area contributed by atoms with Gasteiger partial charge in [-0.2, -0.15) is 0 Å². The molecule has 1 unspecified atom stereocenters. The molecule has 0 N–H and O–H groups in total. The van der Waals surface area contributed by atoms with Gasteiger partial charge in [0.25, 0.3) is 0 Å². The quantitative estimate of drug-likeness (QED) is 0.564. The molecule has 1 aromatic heterocycles. The zero-order valence-electron chi connectivity index (χ0n) is 18.5. The number of fused-ring (bicyclic) bond motifs is 1. The number of benzene rings is 2. The zero-order chi connectivity index (χ0) is 22.2. The van der Waals surface area contributed by atoms with Crippen LogP contribution < -0.4 is 14.5 Å². The Kier molecular flexibility index (Phi) is 5.31. The Labute approximate surface area is 183 Å². The summed E-state index contributed by atoms with van der Waals surface area (Å²) in [6.45, 7) is 2.44. The van der Waals surface area contributed by atoms with Crippen molar-refractivity contribution in [2.75, 3.05) is 44.6 Å². The van der Waals surface area contributed by atoms with Crippen molar-refractivity contribution in [1.82, 2.24) is 4.98 Å². The minimum Gasteiger partial charge on any atom is -0.493 e. The molecule has 0 radical (unpaired) electrons. The van der Waals surface area contributed by atoms with E-state index < -0.39 is 11.6 Å². The normalized spacial score (nSPS) is 17.1. The molecule has 0 saturated carbocycles. The van der Waals surface area contributed by atoms with Crippen LogP contribution in [0.4, 0.5) is 11.4 Å². The third kappa shape index (κ3) is 3.38. The van der Waals surface area contributed by atoms with Crippen molar-refractivity contribution in [3.63, 3.8) is 0 Å². The summed E-state index contributed by atoms with van der Waals surface area (Å²) in [7, 11) is 7.95. The maximum atomic E-state index is 12.9. The fourth-order valence-corrected chi connectivity index (χ4v) is 4.01. The fourth-order valence-electron chi connectivity index (χ4n) is 4.01. The molecule has 0 amide bonds. The Morgan fingerprint density at radius 1 is 0.935 bits per heavy atom. The summed E-state index contributed by atoms with van der Waals surface area (Å²) in [4.78, 5) is 21.3. The average Bonchev–Trinajstić information content (AvgIpc) is 3.07. The van der Waals surface area contributed by atoms with Crippen LogP contribution >= 0.6 is 0 Å². The van der Waals surface area contributed by atoms with Gasteiger partial charge in [-0.1, -0.05) is 18.2 Å². The second-order valence-corrected chi connectivity index (χ2v) is 7.92. The molecule has 0 saturated heterocycles. The standard InChI is InChI=1S/C25H27N3O3/c1-6-30-22-16-19(28(4)5)13-14-20(22)25(17-9-11-18(12-10-17)27(2)3)21-8-7-15-26-23(21)24(29)31-25/h7-16H,6H2,1-5H3. The van der Waals surface area contributed by atoms with E-state index in [4.69, 9.17) is 9.47 Å². The molecule has 1 aliphatic rings. The zero-order valence-corrected chi connectivity index (χ0v) is 18.5. The number of ether oxygens (including phenoxy) is 2. The largest absolute Gasteiger partial charge is 0.493 e. The number of nitrogens with zero attached hydrogens (tertiary/aromatic N) is 3. The number of rotatable bonds is 6. The monoisotopic (exact) mass is 417 g/mol. The smallest absolute Gasteiger partial charge is 0.358 e. The fraction of sp³-hybridized carbons (Fsp3) is 0.280. The van der Waals surface area contributed by atoms with Crippen molar-refractivity contribution >= 4 is 17.3 Å². The number of hydrogen-bond acceptors (Lipinski definition) is 6. The van der Waals surface area contributed by atoms with Gasteiger partial charge >= 0.3 is 5.97 Å². The number of carbonyl (C=O) groups excluding carboxylic acids is 1. The van der Waals surface area contributed by atoms with E-state index >= 15 is 0 Å². The third-order valence-electron chi connectivity index (χ3n) is 5.58. The Morgan fingerprint density at radius 2 is 1.61 bits per heavy atom. The second-order valence-electron chi connectivity index (χ2n) is 7.92. The highest BCUT2D eigenvalue weighted by atomic mass is 16.6. The summed E-state index contributed by atoms with van der Waals surface area (Å²) in [5.74, 6) is 0.237. The molecule has 3 aromatic rings. The molecule has 6 heteroatoms. The van der Waals surface area contributed by atoms with Crippen molar-refractivity contribution in [3.8, 4) is 5.75 Å². The summed E-state index contributed by atoms with van der Waals surface area (Å²) in [6.07, 6.45) is 1.61. The summed E-state index contributed by atoms with van der Waals surface area (Å²) < 4.78 is 12.2. The van der Waals surface area contributed by atoms with Gasteiger partial charge in [-0.25, -0.2) is 9.78 Å². The lowest BCUT2D eigenvalue weighted by Gasteiger charge is -2.32. The number of aromatic nitrogens is 1. The van der Waals surface area contributed by atoms with E-state index in [0.29, 0.717) is 18.1 Å². The van der Waals surface area contributed by atoms with E-state index in [0.717, 1.165) is 28.1 Å². The van der Waals surface area contributed by atoms with E-state index in [1.807, 2.05) is 99.5 Å². The Morgan fingerprint density at radius 3 is 2.26 bits per heavy atom. The van der Waals surface area contributed by atoms with Crippen LogP contribution in [0.1, 0.15) is 34.1 Å². The highest BCUT2D eigenvalue weighted by Crippen LogP contribution is 2.50. The second kappa shape index (κ2) is 7.95. The van der Waals surface area contributed by atoms with Gasteiger partial charge in [0.2, 0.25) is 0 Å². The molecule has 1 aliphatic heterocycles. The van der Waals surface area contributed by atoms with Crippen molar-refractivity contribution < 1.29 is 14.3 Å². The molecular weight excluding hydrogens is 390 g/mol. The highest BCUT2D eigenvalue weighted by molar-refractivity contribution is 5.94. The summed E-state index contributed by atoms with van der Waals surface area (Å²) >= 11 is 0.